The first kappa shape index (κ1) is 16.1. The SMILES string of the molecule is COCc1nc(NCCc2cc(=O)[nH]c(C)n2)c2cnn(C)c2n1. The number of nitrogens with zero attached hydrogens (tertiary/aromatic N) is 5. The van der Waals surface area contributed by atoms with Gasteiger partial charge in [-0.3, -0.25) is 9.48 Å². The molecule has 0 radical (unpaired) electrons. The molecule has 0 saturated heterocycles. The van der Waals surface area contributed by atoms with E-state index in [9.17, 15) is 4.79 Å². The monoisotopic (exact) mass is 329 g/mol. The first-order valence-corrected chi connectivity index (χ1v) is 7.55. The largest absolute Gasteiger partial charge is 0.377 e. The summed E-state index contributed by atoms with van der Waals surface area (Å²) >= 11 is 0. The quantitative estimate of drug-likeness (QED) is 0.679. The summed E-state index contributed by atoms with van der Waals surface area (Å²) in [5.74, 6) is 1.89. The van der Waals surface area contributed by atoms with E-state index in [1.54, 1.807) is 24.9 Å². The minimum Gasteiger partial charge on any atom is -0.377 e. The van der Waals surface area contributed by atoms with Crippen LogP contribution in [-0.2, 0) is 24.8 Å². The number of aromatic amines is 1. The second kappa shape index (κ2) is 6.75. The maximum Gasteiger partial charge on any atom is 0.251 e. The van der Waals surface area contributed by atoms with Crippen LogP contribution >= 0.6 is 0 Å². The van der Waals surface area contributed by atoms with Gasteiger partial charge < -0.3 is 15.0 Å². The summed E-state index contributed by atoms with van der Waals surface area (Å²) in [5.41, 5.74) is 1.33. The Labute approximate surface area is 138 Å². The van der Waals surface area contributed by atoms with E-state index in [0.29, 0.717) is 37.0 Å². The van der Waals surface area contributed by atoms with Gasteiger partial charge in [0.1, 0.15) is 18.2 Å². The van der Waals surface area contributed by atoms with Crippen molar-refractivity contribution in [3.8, 4) is 0 Å². The molecule has 0 fully saturated rings. The Morgan fingerprint density at radius 1 is 1.33 bits per heavy atom. The smallest absolute Gasteiger partial charge is 0.251 e. The number of fused-ring (bicyclic) bond motifs is 1. The van der Waals surface area contributed by atoms with Gasteiger partial charge in [-0.15, -0.1) is 0 Å². The summed E-state index contributed by atoms with van der Waals surface area (Å²) in [6.07, 6.45) is 2.33. The molecule has 0 bridgehead atoms. The van der Waals surface area contributed by atoms with E-state index in [1.807, 2.05) is 7.05 Å². The maximum atomic E-state index is 11.5. The summed E-state index contributed by atoms with van der Waals surface area (Å²) in [4.78, 5) is 27.3. The molecule has 3 heterocycles. The molecule has 3 aromatic rings. The molecule has 0 atom stereocenters. The van der Waals surface area contributed by atoms with Crippen molar-refractivity contribution in [2.45, 2.75) is 20.0 Å². The normalized spacial score (nSPS) is 11.1. The fraction of sp³-hybridized carbons (Fsp3) is 0.400. The molecule has 9 heteroatoms. The average Bonchev–Trinajstić information content (AvgIpc) is 2.88. The zero-order chi connectivity index (χ0) is 17.1. The third-order valence-electron chi connectivity index (χ3n) is 3.50. The van der Waals surface area contributed by atoms with E-state index in [1.165, 1.54) is 6.07 Å². The van der Waals surface area contributed by atoms with Gasteiger partial charge in [-0.1, -0.05) is 0 Å². The van der Waals surface area contributed by atoms with Gasteiger partial charge in [0, 0.05) is 38.9 Å². The topological polar surface area (TPSA) is 111 Å². The van der Waals surface area contributed by atoms with Crippen molar-refractivity contribution in [2.24, 2.45) is 7.05 Å². The van der Waals surface area contributed by atoms with E-state index < -0.39 is 0 Å². The van der Waals surface area contributed by atoms with E-state index in [2.05, 4.69) is 30.4 Å². The molecule has 0 aliphatic carbocycles. The first-order chi connectivity index (χ1) is 11.6. The molecule has 0 aliphatic rings. The molecule has 2 N–H and O–H groups in total. The lowest BCUT2D eigenvalue weighted by Gasteiger charge is -2.09. The third kappa shape index (κ3) is 3.40. The van der Waals surface area contributed by atoms with Crippen LogP contribution in [0.15, 0.2) is 17.1 Å². The van der Waals surface area contributed by atoms with E-state index in [0.717, 1.165) is 16.7 Å². The average molecular weight is 329 g/mol. The predicted molar refractivity (Wildman–Crippen MR) is 88.8 cm³/mol. The third-order valence-corrected chi connectivity index (χ3v) is 3.50. The summed E-state index contributed by atoms with van der Waals surface area (Å²) in [5, 5.41) is 8.34. The van der Waals surface area contributed by atoms with Crippen molar-refractivity contribution in [3.63, 3.8) is 0 Å². The number of hydrogen-bond acceptors (Lipinski definition) is 7. The Balaban J connectivity index is 1.80. The van der Waals surface area contributed by atoms with Crippen molar-refractivity contribution in [1.29, 1.82) is 0 Å². The molecular weight excluding hydrogens is 310 g/mol. The minimum absolute atomic E-state index is 0.142. The Bertz CT molecular complexity index is 916. The van der Waals surface area contributed by atoms with E-state index in [-0.39, 0.29) is 5.56 Å². The molecule has 3 aromatic heterocycles. The highest BCUT2D eigenvalue weighted by Crippen LogP contribution is 2.19. The second-order valence-electron chi connectivity index (χ2n) is 5.43. The van der Waals surface area contributed by atoms with Gasteiger partial charge in [-0.05, 0) is 6.92 Å². The second-order valence-corrected chi connectivity index (χ2v) is 5.43. The number of nitrogens with one attached hydrogen (secondary N) is 2. The lowest BCUT2D eigenvalue weighted by atomic mass is 10.3. The highest BCUT2D eigenvalue weighted by molar-refractivity contribution is 5.86. The van der Waals surface area contributed by atoms with Crippen molar-refractivity contribution in [2.75, 3.05) is 19.0 Å². The fourth-order valence-corrected chi connectivity index (χ4v) is 2.47. The maximum absolute atomic E-state index is 11.5. The molecule has 0 aromatic carbocycles. The van der Waals surface area contributed by atoms with Crippen molar-refractivity contribution < 1.29 is 4.74 Å². The molecule has 3 rings (SSSR count). The van der Waals surface area contributed by atoms with Gasteiger partial charge in [-0.2, -0.15) is 5.10 Å². The van der Waals surface area contributed by atoms with Gasteiger partial charge in [-0.25, -0.2) is 15.0 Å². The number of ether oxygens (including phenoxy) is 1. The van der Waals surface area contributed by atoms with Gasteiger partial charge in [0.05, 0.1) is 11.6 Å². The lowest BCUT2D eigenvalue weighted by molar-refractivity contribution is 0.178. The van der Waals surface area contributed by atoms with Crippen molar-refractivity contribution in [1.82, 2.24) is 29.7 Å². The summed E-state index contributed by atoms with van der Waals surface area (Å²) in [6.45, 7) is 2.67. The zero-order valence-electron chi connectivity index (χ0n) is 13.8. The Morgan fingerprint density at radius 3 is 2.92 bits per heavy atom. The van der Waals surface area contributed by atoms with Crippen LogP contribution in [0.1, 0.15) is 17.3 Å². The van der Waals surface area contributed by atoms with Crippen molar-refractivity contribution in [3.05, 3.63) is 40.0 Å². The minimum atomic E-state index is -0.142. The van der Waals surface area contributed by atoms with Crippen LogP contribution in [0, 0.1) is 6.92 Å². The van der Waals surface area contributed by atoms with Crippen LogP contribution < -0.4 is 10.9 Å². The molecule has 126 valence electrons. The number of aryl methyl sites for hydroxylation is 2. The highest BCUT2D eigenvalue weighted by Gasteiger charge is 2.11. The molecule has 0 unspecified atom stereocenters. The summed E-state index contributed by atoms with van der Waals surface area (Å²) in [7, 11) is 3.43. The summed E-state index contributed by atoms with van der Waals surface area (Å²) < 4.78 is 6.82. The van der Waals surface area contributed by atoms with Gasteiger partial charge >= 0.3 is 0 Å². The van der Waals surface area contributed by atoms with Crippen LogP contribution in [-0.4, -0.2) is 43.4 Å². The molecule has 24 heavy (non-hydrogen) atoms. The molecule has 0 saturated carbocycles. The number of hydrogen-bond donors (Lipinski definition) is 2. The van der Waals surface area contributed by atoms with Gasteiger partial charge in [0.15, 0.2) is 11.5 Å². The zero-order valence-corrected chi connectivity index (χ0v) is 13.8. The molecule has 0 amide bonds. The number of aromatic nitrogens is 6. The van der Waals surface area contributed by atoms with E-state index >= 15 is 0 Å². The molecule has 0 spiro atoms. The molecule has 9 nitrogen and oxygen atoms in total. The van der Waals surface area contributed by atoms with Crippen LogP contribution in [0.5, 0.6) is 0 Å². The Kier molecular flexibility index (Phi) is 4.52. The number of anilines is 1. The Hall–Kier alpha value is -2.81. The highest BCUT2D eigenvalue weighted by atomic mass is 16.5. The first-order valence-electron chi connectivity index (χ1n) is 7.55. The molecule has 0 aliphatic heterocycles. The van der Waals surface area contributed by atoms with Gasteiger partial charge in [0.2, 0.25) is 0 Å². The predicted octanol–water partition coefficient (Wildman–Crippen LogP) is 0.556. The van der Waals surface area contributed by atoms with Crippen LogP contribution in [0.3, 0.4) is 0 Å². The van der Waals surface area contributed by atoms with Crippen LogP contribution in [0.25, 0.3) is 11.0 Å². The lowest BCUT2D eigenvalue weighted by Crippen LogP contribution is -2.14. The Morgan fingerprint density at radius 2 is 2.17 bits per heavy atom. The van der Waals surface area contributed by atoms with Crippen LogP contribution in [0.2, 0.25) is 0 Å². The van der Waals surface area contributed by atoms with Crippen molar-refractivity contribution >= 4 is 16.9 Å². The fourth-order valence-electron chi connectivity index (χ4n) is 2.47. The number of rotatable bonds is 6. The number of H-pyrrole nitrogens is 1. The molecular formula is C15H19N7O2. The van der Waals surface area contributed by atoms with Crippen LogP contribution in [0.4, 0.5) is 5.82 Å². The van der Waals surface area contributed by atoms with E-state index in [4.69, 9.17) is 4.74 Å². The van der Waals surface area contributed by atoms with Gasteiger partial charge in [0.25, 0.3) is 5.56 Å². The number of methoxy groups -OCH3 is 1. The standard InChI is InChI=1S/C15H19N7O2/c1-9-18-10(6-13(23)19-9)4-5-16-14-11-7-17-22(2)15(11)21-12(20-14)8-24-3/h6-7H,4-5,8H2,1-3H3,(H,16,20,21)(H,18,19,23). The summed E-state index contributed by atoms with van der Waals surface area (Å²) in [6, 6.07) is 1.50.